The lowest BCUT2D eigenvalue weighted by Gasteiger charge is -2.55. The first-order valence-corrected chi connectivity index (χ1v) is 8.27. The zero-order valence-corrected chi connectivity index (χ0v) is 11.8. The first-order chi connectivity index (χ1) is 9.23. The molecular formula is C18H24O. The molecule has 0 aromatic heterocycles. The predicted octanol–water partition coefficient (Wildman–Crippen LogP) is 3.97. The van der Waals surface area contributed by atoms with Crippen LogP contribution in [0.1, 0.15) is 64.2 Å². The van der Waals surface area contributed by atoms with Crippen molar-refractivity contribution in [2.75, 3.05) is 0 Å². The molecule has 5 aliphatic carbocycles. The maximum absolute atomic E-state index is 12.6. The van der Waals surface area contributed by atoms with Gasteiger partial charge in [0.1, 0.15) is 0 Å². The molecule has 0 saturated heterocycles. The minimum Gasteiger partial charge on any atom is -0.284 e. The largest absolute Gasteiger partial charge is 0.284 e. The molecule has 1 nitrogen and oxygen atoms in total. The number of hydrogen-bond acceptors (Lipinski definition) is 1. The minimum atomic E-state index is 0.00135. The molecule has 4 bridgehead atoms. The Morgan fingerprint density at radius 3 is 2.05 bits per heavy atom. The van der Waals surface area contributed by atoms with E-state index in [9.17, 15) is 4.79 Å². The lowest BCUT2D eigenvalue weighted by molar-refractivity contribution is -0.137. The molecule has 5 fully saturated rings. The third-order valence-corrected chi connectivity index (χ3v) is 6.34. The van der Waals surface area contributed by atoms with E-state index in [-0.39, 0.29) is 5.41 Å². The average Bonchev–Trinajstić information content (AvgIpc) is 2.30. The highest BCUT2D eigenvalue weighted by molar-refractivity contribution is 6.00. The lowest BCUT2D eigenvalue weighted by Crippen LogP contribution is -2.49. The Kier molecular flexibility index (Phi) is 2.76. The van der Waals surface area contributed by atoms with Crippen molar-refractivity contribution in [2.24, 2.45) is 29.1 Å². The zero-order chi connectivity index (χ0) is 12.9. The second kappa shape index (κ2) is 4.37. The van der Waals surface area contributed by atoms with Gasteiger partial charge >= 0.3 is 0 Å². The van der Waals surface area contributed by atoms with Crippen molar-refractivity contribution in [3.63, 3.8) is 0 Å². The van der Waals surface area contributed by atoms with Gasteiger partial charge < -0.3 is 0 Å². The molecule has 5 aliphatic rings. The van der Waals surface area contributed by atoms with E-state index < -0.39 is 0 Å². The van der Waals surface area contributed by atoms with Crippen LogP contribution in [-0.4, -0.2) is 5.78 Å². The molecule has 0 spiro atoms. The van der Waals surface area contributed by atoms with Crippen LogP contribution in [0, 0.1) is 40.9 Å². The van der Waals surface area contributed by atoms with E-state index in [1.165, 1.54) is 38.5 Å². The number of hydrogen-bond donors (Lipinski definition) is 0. The normalized spacial score (nSPS) is 43.5. The Bertz CT molecular complexity index is 411. The Morgan fingerprint density at radius 1 is 1.00 bits per heavy atom. The molecule has 0 N–H and O–H groups in total. The third kappa shape index (κ3) is 2.04. The predicted molar refractivity (Wildman–Crippen MR) is 75.3 cm³/mol. The van der Waals surface area contributed by atoms with Gasteiger partial charge in [-0.25, -0.2) is 0 Å². The van der Waals surface area contributed by atoms with Gasteiger partial charge in [-0.15, -0.1) is 0 Å². The molecule has 0 amide bonds. The van der Waals surface area contributed by atoms with Gasteiger partial charge in [-0.2, -0.15) is 0 Å². The summed E-state index contributed by atoms with van der Waals surface area (Å²) >= 11 is 0. The van der Waals surface area contributed by atoms with Crippen molar-refractivity contribution in [1.82, 2.24) is 0 Å². The minimum absolute atomic E-state index is 0.00135. The van der Waals surface area contributed by atoms with E-state index >= 15 is 0 Å². The number of Topliss-reactive ketones (excluding diaryl/α,β-unsaturated/α-hetero) is 1. The Hall–Kier alpha value is -0.770. The molecule has 0 radical (unpaired) electrons. The van der Waals surface area contributed by atoms with Crippen LogP contribution in [0.15, 0.2) is 0 Å². The molecule has 5 saturated carbocycles. The van der Waals surface area contributed by atoms with Crippen LogP contribution in [-0.2, 0) is 4.79 Å². The molecule has 0 aromatic rings. The number of rotatable bonds is 2. The summed E-state index contributed by atoms with van der Waals surface area (Å²) in [5, 5.41) is 0. The fourth-order valence-corrected chi connectivity index (χ4v) is 5.49. The van der Waals surface area contributed by atoms with Crippen LogP contribution in [0.2, 0.25) is 0 Å². The highest BCUT2D eigenvalue weighted by atomic mass is 16.1. The molecule has 0 heterocycles. The van der Waals surface area contributed by atoms with E-state index in [0.717, 1.165) is 49.4 Å². The van der Waals surface area contributed by atoms with Gasteiger partial charge in [-0.05, 0) is 81.0 Å². The molecule has 0 atom stereocenters. The first-order valence-electron chi connectivity index (χ1n) is 8.27. The summed E-state index contributed by atoms with van der Waals surface area (Å²) in [4.78, 5) is 12.6. The van der Waals surface area contributed by atoms with Gasteiger partial charge in [0.25, 0.3) is 0 Å². The highest BCUT2D eigenvalue weighted by Crippen LogP contribution is 2.60. The van der Waals surface area contributed by atoms with Crippen molar-refractivity contribution in [1.29, 1.82) is 0 Å². The molecule has 102 valence electrons. The fourth-order valence-electron chi connectivity index (χ4n) is 5.49. The SMILES string of the molecule is O=C(C#CCC1CCC1)C12CC3CC(CC(C3)C1)C2. The molecule has 5 rings (SSSR count). The smallest absolute Gasteiger partial charge is 0.211 e. The van der Waals surface area contributed by atoms with Crippen molar-refractivity contribution in [3.8, 4) is 11.8 Å². The highest BCUT2D eigenvalue weighted by Gasteiger charge is 2.54. The van der Waals surface area contributed by atoms with Crippen molar-refractivity contribution < 1.29 is 4.79 Å². The van der Waals surface area contributed by atoms with E-state index in [1.54, 1.807) is 0 Å². The summed E-state index contributed by atoms with van der Waals surface area (Å²) in [7, 11) is 0. The third-order valence-electron chi connectivity index (χ3n) is 6.34. The van der Waals surface area contributed by atoms with E-state index in [4.69, 9.17) is 0 Å². The van der Waals surface area contributed by atoms with E-state index in [0.29, 0.717) is 5.78 Å². The molecule has 0 aromatic carbocycles. The van der Waals surface area contributed by atoms with Gasteiger partial charge in [0, 0.05) is 11.8 Å². The number of carbonyl (C=O) groups is 1. The summed E-state index contributed by atoms with van der Waals surface area (Å²) in [6, 6.07) is 0. The van der Waals surface area contributed by atoms with E-state index in [1.807, 2.05) is 0 Å². The van der Waals surface area contributed by atoms with Gasteiger partial charge in [0.2, 0.25) is 5.78 Å². The number of carbonyl (C=O) groups excluding carboxylic acids is 1. The molecule has 0 unspecified atom stereocenters. The Labute approximate surface area is 116 Å². The average molecular weight is 256 g/mol. The maximum atomic E-state index is 12.6. The lowest BCUT2D eigenvalue weighted by atomic mass is 9.48. The van der Waals surface area contributed by atoms with Gasteiger partial charge in [0.05, 0.1) is 0 Å². The molecular weight excluding hydrogens is 232 g/mol. The van der Waals surface area contributed by atoms with Crippen LogP contribution in [0.3, 0.4) is 0 Å². The first kappa shape index (κ1) is 12.0. The number of ketones is 1. The summed E-state index contributed by atoms with van der Waals surface area (Å²) in [6.07, 6.45) is 12.7. The monoisotopic (exact) mass is 256 g/mol. The molecule has 1 heteroatoms. The van der Waals surface area contributed by atoms with Crippen molar-refractivity contribution >= 4 is 5.78 Å². The van der Waals surface area contributed by atoms with Gasteiger partial charge in [-0.3, -0.25) is 4.79 Å². The Balaban J connectivity index is 1.46. The molecule has 19 heavy (non-hydrogen) atoms. The van der Waals surface area contributed by atoms with Crippen LogP contribution < -0.4 is 0 Å². The topological polar surface area (TPSA) is 17.1 Å². The Morgan fingerprint density at radius 2 is 1.58 bits per heavy atom. The van der Waals surface area contributed by atoms with Gasteiger partial charge in [-0.1, -0.05) is 12.3 Å². The van der Waals surface area contributed by atoms with Crippen molar-refractivity contribution in [2.45, 2.75) is 64.2 Å². The molecule has 0 aliphatic heterocycles. The second-order valence-electron chi connectivity index (χ2n) is 7.83. The summed E-state index contributed by atoms with van der Waals surface area (Å²) in [5.41, 5.74) is 0.00135. The maximum Gasteiger partial charge on any atom is 0.211 e. The van der Waals surface area contributed by atoms with Crippen LogP contribution in [0.5, 0.6) is 0 Å². The van der Waals surface area contributed by atoms with Crippen LogP contribution in [0.25, 0.3) is 0 Å². The van der Waals surface area contributed by atoms with Crippen LogP contribution >= 0.6 is 0 Å². The quantitative estimate of drug-likeness (QED) is 0.540. The fraction of sp³-hybridized carbons (Fsp3) is 0.833. The summed E-state index contributed by atoms with van der Waals surface area (Å²) < 4.78 is 0. The summed E-state index contributed by atoms with van der Waals surface area (Å²) in [6.45, 7) is 0. The van der Waals surface area contributed by atoms with E-state index in [2.05, 4.69) is 11.8 Å². The zero-order valence-electron chi connectivity index (χ0n) is 11.8. The van der Waals surface area contributed by atoms with Crippen molar-refractivity contribution in [3.05, 3.63) is 0 Å². The van der Waals surface area contributed by atoms with Gasteiger partial charge in [0.15, 0.2) is 0 Å². The standard InChI is InChI=1S/C18H24O/c19-17(6-2-5-13-3-1-4-13)18-10-14-7-15(11-18)9-16(8-14)12-18/h13-16H,1,3-5,7-12H2. The van der Waals surface area contributed by atoms with Crippen LogP contribution in [0.4, 0.5) is 0 Å². The summed E-state index contributed by atoms with van der Waals surface area (Å²) in [5.74, 6) is 9.93. The second-order valence-corrected chi connectivity index (χ2v) is 7.83.